The molecule has 1 aromatic heterocycles. The second-order valence-electron chi connectivity index (χ2n) is 6.20. The van der Waals surface area contributed by atoms with Crippen LogP contribution >= 0.6 is 0 Å². The van der Waals surface area contributed by atoms with E-state index in [4.69, 9.17) is 9.84 Å². The first-order chi connectivity index (χ1) is 15.3. The zero-order valence-electron chi connectivity index (χ0n) is 16.1. The number of nitrogens with zero attached hydrogens (tertiary/aromatic N) is 2. The molecule has 0 unspecified atom stereocenters. The van der Waals surface area contributed by atoms with Crippen molar-refractivity contribution in [3.63, 3.8) is 0 Å². The lowest BCUT2D eigenvalue weighted by atomic mass is 10.2. The van der Waals surface area contributed by atoms with Crippen LogP contribution in [0.4, 0.5) is 30.8 Å². The van der Waals surface area contributed by atoms with Gasteiger partial charge >= 0.3 is 6.09 Å². The lowest BCUT2D eigenvalue weighted by Gasteiger charge is -2.10. The number of carboxylic acid groups (broad SMARTS) is 1. The molecular weight excluding hydrogens is 428 g/mol. The Labute approximate surface area is 179 Å². The van der Waals surface area contributed by atoms with Crippen molar-refractivity contribution < 1.29 is 33.0 Å². The Balaban J connectivity index is 1.57. The number of rotatable bonds is 7. The molecule has 0 saturated carbocycles. The molecule has 0 saturated heterocycles. The van der Waals surface area contributed by atoms with Gasteiger partial charge in [-0.15, -0.1) is 0 Å². The van der Waals surface area contributed by atoms with E-state index in [-0.39, 0.29) is 23.1 Å². The third kappa shape index (κ3) is 6.45. The van der Waals surface area contributed by atoms with Crippen molar-refractivity contribution in [2.24, 2.45) is 0 Å². The molecule has 164 valence electrons. The molecule has 3 amide bonds. The van der Waals surface area contributed by atoms with E-state index in [1.807, 2.05) is 5.32 Å². The number of amides is 3. The molecule has 32 heavy (non-hydrogen) atoms. The molecule has 0 aliphatic rings. The van der Waals surface area contributed by atoms with Gasteiger partial charge in [0.15, 0.2) is 11.6 Å². The van der Waals surface area contributed by atoms with Crippen LogP contribution in [0, 0.1) is 11.6 Å². The van der Waals surface area contributed by atoms with Gasteiger partial charge in [-0.25, -0.2) is 23.5 Å². The number of aromatic nitrogens is 2. The molecule has 10 nitrogen and oxygen atoms in total. The Bertz CT molecular complexity index is 1160. The van der Waals surface area contributed by atoms with Crippen LogP contribution in [-0.2, 0) is 9.59 Å². The highest BCUT2D eigenvalue weighted by molar-refractivity contribution is 6.08. The van der Waals surface area contributed by atoms with Crippen molar-refractivity contribution in [3.8, 4) is 11.6 Å². The first-order valence-corrected chi connectivity index (χ1v) is 8.93. The standard InChI is InChI=1S/C20H15F2N5O5/c21-11-1-3-12(4-2-11)25-17(28)9-18(29)26-13-5-6-15(14(22)7-13)32-19-8-16(23-10-24-19)27-20(30)31/h1-8,10H,9H2,(H,25,28)(H,26,29)(H,30,31)(H,23,24,27). The molecule has 0 spiro atoms. The summed E-state index contributed by atoms with van der Waals surface area (Å²) in [6.45, 7) is 0. The average Bonchev–Trinajstić information content (AvgIpc) is 2.71. The van der Waals surface area contributed by atoms with E-state index >= 15 is 0 Å². The molecule has 2 aromatic carbocycles. The molecule has 4 N–H and O–H groups in total. The minimum absolute atomic E-state index is 0.0642. The summed E-state index contributed by atoms with van der Waals surface area (Å²) in [5.74, 6) is -3.06. The van der Waals surface area contributed by atoms with Crippen molar-refractivity contribution in [3.05, 3.63) is 66.5 Å². The van der Waals surface area contributed by atoms with Gasteiger partial charge in [0.2, 0.25) is 17.7 Å². The van der Waals surface area contributed by atoms with E-state index in [9.17, 15) is 23.2 Å². The lowest BCUT2D eigenvalue weighted by molar-refractivity contribution is -0.123. The van der Waals surface area contributed by atoms with Crippen LogP contribution in [0.2, 0.25) is 0 Å². The zero-order valence-corrected chi connectivity index (χ0v) is 16.1. The third-order valence-electron chi connectivity index (χ3n) is 3.76. The van der Waals surface area contributed by atoms with E-state index in [2.05, 4.69) is 20.6 Å². The number of halogens is 2. The third-order valence-corrected chi connectivity index (χ3v) is 3.76. The highest BCUT2D eigenvalue weighted by Crippen LogP contribution is 2.26. The van der Waals surface area contributed by atoms with Gasteiger partial charge in [0.25, 0.3) is 0 Å². The topological polar surface area (TPSA) is 143 Å². The SMILES string of the molecule is O=C(O)Nc1cc(Oc2ccc(NC(=O)CC(=O)Nc3ccc(F)cc3)cc2F)ncn1. The van der Waals surface area contributed by atoms with Gasteiger partial charge in [-0.3, -0.25) is 14.9 Å². The fraction of sp³-hybridized carbons (Fsp3) is 0.0500. The predicted octanol–water partition coefficient (Wildman–Crippen LogP) is 3.60. The number of nitrogens with one attached hydrogen (secondary N) is 3. The first kappa shape index (κ1) is 22.1. The molecule has 0 fully saturated rings. The Morgan fingerprint density at radius 2 is 1.53 bits per heavy atom. The highest BCUT2D eigenvalue weighted by atomic mass is 19.1. The predicted molar refractivity (Wildman–Crippen MR) is 108 cm³/mol. The van der Waals surface area contributed by atoms with Gasteiger partial charge in [0, 0.05) is 23.5 Å². The number of carbonyl (C=O) groups excluding carboxylic acids is 2. The summed E-state index contributed by atoms with van der Waals surface area (Å²) in [7, 11) is 0. The first-order valence-electron chi connectivity index (χ1n) is 8.93. The fourth-order valence-corrected chi connectivity index (χ4v) is 2.44. The van der Waals surface area contributed by atoms with Crippen LogP contribution in [-0.4, -0.2) is 33.0 Å². The van der Waals surface area contributed by atoms with Crippen LogP contribution in [0.5, 0.6) is 11.6 Å². The quantitative estimate of drug-likeness (QED) is 0.409. The molecule has 0 bridgehead atoms. The molecule has 0 aliphatic heterocycles. The second kappa shape index (κ2) is 9.93. The van der Waals surface area contributed by atoms with Crippen LogP contribution in [0.1, 0.15) is 6.42 Å². The van der Waals surface area contributed by atoms with E-state index < -0.39 is 36.0 Å². The summed E-state index contributed by atoms with van der Waals surface area (Å²) >= 11 is 0. The number of anilines is 3. The minimum atomic E-state index is -1.34. The van der Waals surface area contributed by atoms with Gasteiger partial charge in [-0.05, 0) is 36.4 Å². The maximum absolute atomic E-state index is 14.3. The van der Waals surface area contributed by atoms with Gasteiger partial charge in [-0.2, -0.15) is 0 Å². The van der Waals surface area contributed by atoms with E-state index in [0.29, 0.717) is 5.69 Å². The maximum atomic E-state index is 14.3. The Kier molecular flexibility index (Phi) is 6.85. The molecule has 12 heteroatoms. The van der Waals surface area contributed by atoms with Gasteiger partial charge < -0.3 is 20.5 Å². The summed E-state index contributed by atoms with van der Waals surface area (Å²) in [5, 5.41) is 15.5. The molecular formula is C20H15F2N5O5. The summed E-state index contributed by atoms with van der Waals surface area (Å²) in [4.78, 5) is 42.0. The maximum Gasteiger partial charge on any atom is 0.410 e. The van der Waals surface area contributed by atoms with Crippen molar-refractivity contribution >= 4 is 35.1 Å². The summed E-state index contributed by atoms with van der Waals surface area (Å²) in [5.41, 5.74) is 0.397. The second-order valence-corrected chi connectivity index (χ2v) is 6.20. The van der Waals surface area contributed by atoms with E-state index in [0.717, 1.165) is 30.6 Å². The Hall–Kier alpha value is -4.61. The lowest BCUT2D eigenvalue weighted by Crippen LogP contribution is -2.21. The summed E-state index contributed by atoms with van der Waals surface area (Å²) < 4.78 is 32.5. The number of ether oxygens (including phenoxy) is 1. The largest absolute Gasteiger partial charge is 0.465 e. The number of benzene rings is 2. The summed E-state index contributed by atoms with van der Waals surface area (Å²) in [6, 6.07) is 9.70. The van der Waals surface area contributed by atoms with Crippen molar-refractivity contribution in [1.29, 1.82) is 0 Å². The van der Waals surface area contributed by atoms with Crippen LogP contribution < -0.4 is 20.7 Å². The van der Waals surface area contributed by atoms with Gasteiger partial charge in [-0.1, -0.05) is 0 Å². The number of carbonyl (C=O) groups is 3. The molecule has 3 rings (SSSR count). The minimum Gasteiger partial charge on any atom is -0.465 e. The van der Waals surface area contributed by atoms with Gasteiger partial charge in [0.1, 0.15) is 24.4 Å². The van der Waals surface area contributed by atoms with Crippen molar-refractivity contribution in [2.45, 2.75) is 6.42 Å². The Morgan fingerprint density at radius 3 is 2.19 bits per heavy atom. The number of hydrogen-bond donors (Lipinski definition) is 4. The molecule has 0 aliphatic carbocycles. The van der Waals surface area contributed by atoms with Crippen molar-refractivity contribution in [2.75, 3.05) is 16.0 Å². The molecule has 3 aromatic rings. The zero-order chi connectivity index (χ0) is 23.1. The molecule has 1 heterocycles. The van der Waals surface area contributed by atoms with Crippen molar-refractivity contribution in [1.82, 2.24) is 9.97 Å². The van der Waals surface area contributed by atoms with E-state index in [1.165, 1.54) is 24.3 Å². The fourth-order valence-electron chi connectivity index (χ4n) is 2.44. The van der Waals surface area contributed by atoms with Gasteiger partial charge in [0.05, 0.1) is 0 Å². The van der Waals surface area contributed by atoms with Crippen LogP contribution in [0.15, 0.2) is 54.9 Å². The number of hydrogen-bond acceptors (Lipinski definition) is 6. The molecule has 0 atom stereocenters. The molecule has 0 radical (unpaired) electrons. The normalized spacial score (nSPS) is 10.2. The smallest absolute Gasteiger partial charge is 0.410 e. The van der Waals surface area contributed by atoms with E-state index in [1.54, 1.807) is 0 Å². The van der Waals surface area contributed by atoms with Crippen LogP contribution in [0.25, 0.3) is 0 Å². The highest BCUT2D eigenvalue weighted by Gasteiger charge is 2.13. The van der Waals surface area contributed by atoms with Crippen LogP contribution in [0.3, 0.4) is 0 Å². The monoisotopic (exact) mass is 443 g/mol. The Morgan fingerprint density at radius 1 is 0.875 bits per heavy atom. The average molecular weight is 443 g/mol. The summed E-state index contributed by atoms with van der Waals surface area (Å²) in [6.07, 6.45) is -0.853.